The molecule has 0 saturated heterocycles. The second-order valence-corrected chi connectivity index (χ2v) is 9.28. The van der Waals surface area contributed by atoms with Gasteiger partial charge in [0, 0.05) is 16.6 Å². The van der Waals surface area contributed by atoms with Crippen molar-refractivity contribution < 1.29 is 14.3 Å². The van der Waals surface area contributed by atoms with Crippen molar-refractivity contribution in [1.29, 1.82) is 0 Å². The summed E-state index contributed by atoms with van der Waals surface area (Å²) >= 11 is 1.38. The molecule has 0 aliphatic heterocycles. The van der Waals surface area contributed by atoms with Gasteiger partial charge in [0.05, 0.1) is 11.7 Å². The quantitative estimate of drug-likeness (QED) is 0.527. The minimum Gasteiger partial charge on any atom is -0.444 e. The Bertz CT molecular complexity index is 1060. The van der Waals surface area contributed by atoms with Crippen molar-refractivity contribution >= 4 is 34.2 Å². The van der Waals surface area contributed by atoms with E-state index in [4.69, 9.17) is 10.5 Å². The normalized spacial score (nSPS) is 12.1. The molecule has 2 amide bonds. The molecule has 168 valence electrons. The van der Waals surface area contributed by atoms with Gasteiger partial charge in [0.1, 0.15) is 12.1 Å². The third-order valence-electron chi connectivity index (χ3n) is 4.68. The Kier molecular flexibility index (Phi) is 7.15. The number of nitrogens with two attached hydrogens (primary N) is 1. The molecule has 0 aliphatic carbocycles. The fourth-order valence-electron chi connectivity index (χ4n) is 3.09. The lowest BCUT2D eigenvalue weighted by molar-refractivity contribution is -0.117. The average molecular weight is 453 g/mol. The van der Waals surface area contributed by atoms with Crippen molar-refractivity contribution in [2.75, 3.05) is 17.6 Å². The van der Waals surface area contributed by atoms with Crippen molar-refractivity contribution in [3.63, 3.8) is 0 Å². The summed E-state index contributed by atoms with van der Waals surface area (Å²) in [5.41, 5.74) is 8.26. The maximum Gasteiger partial charge on any atom is 0.411 e. The van der Waals surface area contributed by atoms with Gasteiger partial charge in [-0.05, 0) is 45.4 Å². The second-order valence-electron chi connectivity index (χ2n) is 8.39. The van der Waals surface area contributed by atoms with E-state index in [-0.39, 0.29) is 18.5 Å². The first-order valence-corrected chi connectivity index (χ1v) is 11.2. The molecule has 0 radical (unpaired) electrons. The summed E-state index contributed by atoms with van der Waals surface area (Å²) in [5, 5.41) is 5.24. The summed E-state index contributed by atoms with van der Waals surface area (Å²) in [5.74, 6) is -0.315. The fourth-order valence-corrected chi connectivity index (χ4v) is 3.66. The molecule has 3 aromatic rings. The zero-order valence-corrected chi connectivity index (χ0v) is 19.5. The standard InChI is InChI=1S/C24H28N4O3S/c1-16(17-8-6-5-7-9-17)28(23(30)31-24(2,3)4)14-21(29)26-19-12-10-18(11-13-19)20-15-32-22(25)27-20/h5-13,15-16H,14H2,1-4H3,(H2,25,27)(H,26,29)/t16-/m0/s1. The van der Waals surface area contributed by atoms with Gasteiger partial charge >= 0.3 is 6.09 Å². The molecule has 0 spiro atoms. The molecular formula is C24H28N4O3S. The number of nitrogens with one attached hydrogen (secondary N) is 1. The van der Waals surface area contributed by atoms with E-state index >= 15 is 0 Å². The van der Waals surface area contributed by atoms with Gasteiger partial charge < -0.3 is 15.8 Å². The van der Waals surface area contributed by atoms with Crippen LogP contribution in [0, 0.1) is 0 Å². The van der Waals surface area contributed by atoms with Crippen LogP contribution in [0.4, 0.5) is 15.6 Å². The van der Waals surface area contributed by atoms with Gasteiger partial charge in [-0.25, -0.2) is 9.78 Å². The Morgan fingerprint density at radius 2 is 1.78 bits per heavy atom. The van der Waals surface area contributed by atoms with Crippen LogP contribution in [0.1, 0.15) is 39.3 Å². The number of nitrogen functional groups attached to an aromatic ring is 1. The Morgan fingerprint density at radius 3 is 2.34 bits per heavy atom. The van der Waals surface area contributed by atoms with E-state index in [0.717, 1.165) is 16.8 Å². The number of ether oxygens (including phenoxy) is 1. The van der Waals surface area contributed by atoms with Crippen molar-refractivity contribution in [3.8, 4) is 11.3 Å². The smallest absolute Gasteiger partial charge is 0.411 e. The topological polar surface area (TPSA) is 97.5 Å². The van der Waals surface area contributed by atoms with Crippen molar-refractivity contribution in [2.45, 2.75) is 39.3 Å². The first-order chi connectivity index (χ1) is 15.1. The molecule has 3 rings (SSSR count). The van der Waals surface area contributed by atoms with Crippen LogP contribution in [0.5, 0.6) is 0 Å². The molecule has 32 heavy (non-hydrogen) atoms. The Balaban J connectivity index is 1.72. The first-order valence-electron chi connectivity index (χ1n) is 10.3. The lowest BCUT2D eigenvalue weighted by atomic mass is 10.1. The van der Waals surface area contributed by atoms with Gasteiger partial charge in [-0.3, -0.25) is 9.69 Å². The number of hydrogen-bond donors (Lipinski definition) is 2. The molecule has 1 heterocycles. The van der Waals surface area contributed by atoms with E-state index < -0.39 is 11.7 Å². The van der Waals surface area contributed by atoms with E-state index in [1.54, 1.807) is 32.9 Å². The predicted octanol–water partition coefficient (Wildman–Crippen LogP) is 5.33. The fraction of sp³-hybridized carbons (Fsp3) is 0.292. The monoisotopic (exact) mass is 452 g/mol. The van der Waals surface area contributed by atoms with Gasteiger partial charge in [-0.2, -0.15) is 0 Å². The average Bonchev–Trinajstić information content (AvgIpc) is 3.17. The van der Waals surface area contributed by atoms with E-state index in [1.807, 2.05) is 54.8 Å². The molecule has 0 fully saturated rings. The number of aromatic nitrogens is 1. The van der Waals surface area contributed by atoms with E-state index in [1.165, 1.54) is 16.2 Å². The Morgan fingerprint density at radius 1 is 1.12 bits per heavy atom. The zero-order valence-electron chi connectivity index (χ0n) is 18.7. The molecule has 2 aromatic carbocycles. The second kappa shape index (κ2) is 9.82. The molecule has 0 bridgehead atoms. The summed E-state index contributed by atoms with van der Waals surface area (Å²) in [7, 11) is 0. The number of rotatable bonds is 6. The van der Waals surface area contributed by atoms with Crippen LogP contribution in [0.15, 0.2) is 60.0 Å². The number of hydrogen-bond acceptors (Lipinski definition) is 6. The van der Waals surface area contributed by atoms with Gasteiger partial charge in [-0.1, -0.05) is 42.5 Å². The summed E-state index contributed by atoms with van der Waals surface area (Å²) in [6.45, 7) is 7.13. The third kappa shape index (κ3) is 6.31. The van der Waals surface area contributed by atoms with Gasteiger partial charge in [-0.15, -0.1) is 11.3 Å². The highest BCUT2D eigenvalue weighted by Gasteiger charge is 2.28. The summed E-state index contributed by atoms with van der Waals surface area (Å²) in [6.07, 6.45) is -0.541. The Labute approximate surface area is 192 Å². The Hall–Kier alpha value is -3.39. The zero-order chi connectivity index (χ0) is 23.3. The predicted molar refractivity (Wildman–Crippen MR) is 128 cm³/mol. The van der Waals surface area contributed by atoms with Gasteiger partial charge in [0.25, 0.3) is 0 Å². The van der Waals surface area contributed by atoms with Gasteiger partial charge in [0.2, 0.25) is 5.91 Å². The summed E-state index contributed by atoms with van der Waals surface area (Å²) < 4.78 is 5.55. The maximum absolute atomic E-state index is 12.9. The summed E-state index contributed by atoms with van der Waals surface area (Å²) in [6, 6.07) is 16.5. The molecule has 0 unspecified atom stereocenters. The number of benzene rings is 2. The van der Waals surface area contributed by atoms with Crippen LogP contribution in [-0.2, 0) is 9.53 Å². The summed E-state index contributed by atoms with van der Waals surface area (Å²) in [4.78, 5) is 31.4. The van der Waals surface area contributed by atoms with Crippen LogP contribution in [0.3, 0.4) is 0 Å². The van der Waals surface area contributed by atoms with Crippen molar-refractivity contribution in [1.82, 2.24) is 9.88 Å². The minimum atomic E-state index is -0.670. The lowest BCUT2D eigenvalue weighted by Gasteiger charge is -2.31. The number of thiazole rings is 1. The highest BCUT2D eigenvalue weighted by Crippen LogP contribution is 2.25. The minimum absolute atomic E-state index is 0.144. The number of amides is 2. The highest BCUT2D eigenvalue weighted by atomic mass is 32.1. The molecule has 8 heteroatoms. The first kappa shape index (κ1) is 23.3. The number of anilines is 2. The molecule has 1 aromatic heterocycles. The molecule has 0 saturated carbocycles. The largest absolute Gasteiger partial charge is 0.444 e. The molecule has 3 N–H and O–H groups in total. The van der Waals surface area contributed by atoms with Crippen molar-refractivity contribution in [2.24, 2.45) is 0 Å². The van der Waals surface area contributed by atoms with E-state index in [2.05, 4.69) is 10.3 Å². The van der Waals surface area contributed by atoms with E-state index in [9.17, 15) is 9.59 Å². The molecule has 1 atom stereocenters. The maximum atomic E-state index is 12.9. The number of nitrogens with zero attached hydrogens (tertiary/aromatic N) is 2. The van der Waals surface area contributed by atoms with Crippen LogP contribution in [0.25, 0.3) is 11.3 Å². The lowest BCUT2D eigenvalue weighted by Crippen LogP contribution is -2.42. The van der Waals surface area contributed by atoms with Crippen LogP contribution < -0.4 is 11.1 Å². The highest BCUT2D eigenvalue weighted by molar-refractivity contribution is 7.13. The third-order valence-corrected chi connectivity index (χ3v) is 5.35. The number of carbonyl (C=O) groups excluding carboxylic acids is 2. The van der Waals surface area contributed by atoms with E-state index in [0.29, 0.717) is 10.8 Å². The SMILES string of the molecule is C[C@@H](c1ccccc1)N(CC(=O)Nc1ccc(-c2csc(N)n2)cc1)C(=O)OC(C)(C)C. The van der Waals surface area contributed by atoms with Crippen molar-refractivity contribution in [3.05, 3.63) is 65.5 Å². The van der Waals surface area contributed by atoms with Crippen LogP contribution in [0.2, 0.25) is 0 Å². The molecule has 0 aliphatic rings. The molecule has 7 nitrogen and oxygen atoms in total. The van der Waals surface area contributed by atoms with Gasteiger partial charge in [0.15, 0.2) is 5.13 Å². The molecular weight excluding hydrogens is 424 g/mol. The van der Waals surface area contributed by atoms with Crippen LogP contribution >= 0.6 is 11.3 Å². The number of carbonyl (C=O) groups is 2. The van der Waals surface area contributed by atoms with Crippen LogP contribution in [-0.4, -0.2) is 34.0 Å².